The van der Waals surface area contributed by atoms with E-state index in [-0.39, 0.29) is 0 Å². The van der Waals surface area contributed by atoms with E-state index in [0.29, 0.717) is 15.4 Å². The van der Waals surface area contributed by atoms with Crippen molar-refractivity contribution >= 4 is 35.1 Å². The van der Waals surface area contributed by atoms with Crippen LogP contribution in [0.5, 0.6) is 0 Å². The zero-order valence-electron chi connectivity index (χ0n) is 6.52. The molecule has 0 bridgehead atoms. The van der Waals surface area contributed by atoms with Gasteiger partial charge in [-0.2, -0.15) is 8.75 Å². The maximum Gasteiger partial charge on any atom is 0.262 e. The van der Waals surface area contributed by atoms with Crippen molar-refractivity contribution in [2.24, 2.45) is 0 Å². The number of aryl methyl sites for hydroxylation is 1. The Bertz CT molecular complexity index is 413. The van der Waals surface area contributed by atoms with E-state index < -0.39 is 0 Å². The van der Waals surface area contributed by atoms with Crippen molar-refractivity contribution in [1.82, 2.24) is 13.7 Å². The summed E-state index contributed by atoms with van der Waals surface area (Å²) in [6.07, 6.45) is 1.58. The van der Waals surface area contributed by atoms with Crippen LogP contribution < -0.4 is 0 Å². The molecular formula is C6H4ClN3OS2. The van der Waals surface area contributed by atoms with E-state index in [1.807, 2.05) is 6.92 Å². The zero-order valence-corrected chi connectivity index (χ0v) is 8.91. The molecule has 2 heterocycles. The first-order chi connectivity index (χ1) is 6.25. The molecule has 2 rings (SSSR count). The van der Waals surface area contributed by atoms with Gasteiger partial charge in [0.2, 0.25) is 0 Å². The fourth-order valence-corrected chi connectivity index (χ4v) is 2.24. The van der Waals surface area contributed by atoms with Crippen LogP contribution in [0.1, 0.15) is 5.69 Å². The highest BCUT2D eigenvalue weighted by atomic mass is 35.5. The Labute approximate surface area is 87.7 Å². The Hall–Kier alpha value is -0.590. The van der Waals surface area contributed by atoms with Gasteiger partial charge in [-0.15, -0.1) is 0 Å². The summed E-state index contributed by atoms with van der Waals surface area (Å²) < 4.78 is 12.9. The maximum atomic E-state index is 5.74. The van der Waals surface area contributed by atoms with Crippen molar-refractivity contribution in [1.29, 1.82) is 0 Å². The van der Waals surface area contributed by atoms with Gasteiger partial charge in [-0.05, 0) is 18.7 Å². The Morgan fingerprint density at radius 1 is 1.54 bits per heavy atom. The van der Waals surface area contributed by atoms with Crippen LogP contribution in [0.2, 0.25) is 5.15 Å². The minimum Gasteiger partial charge on any atom is -0.439 e. The second-order valence-corrected chi connectivity index (χ2v) is 4.04. The number of hydrogen-bond donors (Lipinski definition) is 0. The second kappa shape index (κ2) is 3.65. The summed E-state index contributed by atoms with van der Waals surface area (Å²) in [6, 6.07) is 0. The fourth-order valence-electron chi connectivity index (χ4n) is 0.693. The standard InChI is InChI=1S/C6H4ClN3OS2/c1-3-2-11-6(8-3)12-5-4(7)9-13-10-5/h2H,1H3. The van der Waals surface area contributed by atoms with Crippen LogP contribution in [0.4, 0.5) is 0 Å². The summed E-state index contributed by atoms with van der Waals surface area (Å²) in [4.78, 5) is 4.10. The van der Waals surface area contributed by atoms with E-state index in [4.69, 9.17) is 16.0 Å². The van der Waals surface area contributed by atoms with Gasteiger partial charge in [0.25, 0.3) is 5.22 Å². The molecule has 68 valence electrons. The molecule has 13 heavy (non-hydrogen) atoms. The van der Waals surface area contributed by atoms with Crippen molar-refractivity contribution in [3.8, 4) is 0 Å². The van der Waals surface area contributed by atoms with Crippen molar-refractivity contribution in [2.45, 2.75) is 17.2 Å². The molecule has 4 nitrogen and oxygen atoms in total. The SMILES string of the molecule is Cc1coc(Sc2nsnc2Cl)n1. The van der Waals surface area contributed by atoms with E-state index in [0.717, 1.165) is 17.4 Å². The molecule has 0 saturated heterocycles. The van der Waals surface area contributed by atoms with Gasteiger partial charge in [0, 0.05) is 0 Å². The molecule has 0 N–H and O–H groups in total. The van der Waals surface area contributed by atoms with Gasteiger partial charge in [0.1, 0.15) is 6.26 Å². The van der Waals surface area contributed by atoms with Crippen molar-refractivity contribution in [3.05, 3.63) is 17.1 Å². The van der Waals surface area contributed by atoms with Gasteiger partial charge < -0.3 is 4.42 Å². The lowest BCUT2D eigenvalue weighted by atomic mass is 10.6. The monoisotopic (exact) mass is 233 g/mol. The molecule has 0 aromatic carbocycles. The van der Waals surface area contributed by atoms with E-state index in [1.165, 1.54) is 11.8 Å². The fraction of sp³-hybridized carbons (Fsp3) is 0.167. The molecule has 2 aromatic heterocycles. The number of oxazole rings is 1. The summed E-state index contributed by atoms with van der Waals surface area (Å²) in [6.45, 7) is 1.86. The van der Waals surface area contributed by atoms with Crippen LogP contribution in [0.3, 0.4) is 0 Å². The summed E-state index contributed by atoms with van der Waals surface area (Å²) in [5.74, 6) is 0. The number of rotatable bonds is 2. The number of hydrogen-bond acceptors (Lipinski definition) is 6. The second-order valence-electron chi connectivity index (χ2n) is 2.22. The average molecular weight is 234 g/mol. The van der Waals surface area contributed by atoms with Gasteiger partial charge in [-0.1, -0.05) is 11.6 Å². The molecule has 0 unspecified atom stereocenters. The molecule has 0 spiro atoms. The first kappa shape index (κ1) is 8.98. The molecular weight excluding hydrogens is 230 g/mol. The predicted octanol–water partition coefficient (Wildman–Crippen LogP) is 2.64. The topological polar surface area (TPSA) is 51.8 Å². The predicted molar refractivity (Wildman–Crippen MR) is 50.3 cm³/mol. The third-order valence-electron chi connectivity index (χ3n) is 1.20. The minimum atomic E-state index is 0.394. The summed E-state index contributed by atoms with van der Waals surface area (Å²) in [5.41, 5.74) is 0.835. The highest BCUT2D eigenvalue weighted by molar-refractivity contribution is 7.99. The van der Waals surface area contributed by atoms with E-state index in [1.54, 1.807) is 6.26 Å². The van der Waals surface area contributed by atoms with Gasteiger partial charge in [-0.3, -0.25) is 0 Å². The molecule has 0 aliphatic carbocycles. The smallest absolute Gasteiger partial charge is 0.262 e. The quantitative estimate of drug-likeness (QED) is 0.798. The normalized spacial score (nSPS) is 10.6. The third kappa shape index (κ3) is 2.01. The molecule has 7 heteroatoms. The van der Waals surface area contributed by atoms with Crippen LogP contribution in [0, 0.1) is 6.92 Å². The summed E-state index contributed by atoms with van der Waals surface area (Å²) >= 11 is 8.08. The van der Waals surface area contributed by atoms with Gasteiger partial charge in [0.15, 0.2) is 10.2 Å². The first-order valence-electron chi connectivity index (χ1n) is 3.34. The largest absolute Gasteiger partial charge is 0.439 e. The summed E-state index contributed by atoms with van der Waals surface area (Å²) in [5, 5.41) is 1.56. The van der Waals surface area contributed by atoms with Crippen molar-refractivity contribution in [2.75, 3.05) is 0 Å². The molecule has 0 radical (unpaired) electrons. The molecule has 0 atom stereocenters. The maximum absolute atomic E-state index is 5.74. The van der Waals surface area contributed by atoms with E-state index in [2.05, 4.69) is 13.7 Å². The van der Waals surface area contributed by atoms with Gasteiger partial charge >= 0.3 is 0 Å². The van der Waals surface area contributed by atoms with Crippen LogP contribution in [-0.4, -0.2) is 13.7 Å². The van der Waals surface area contributed by atoms with Gasteiger partial charge in [0.05, 0.1) is 17.4 Å². The lowest BCUT2D eigenvalue weighted by Crippen LogP contribution is -1.74. The molecule has 0 amide bonds. The van der Waals surface area contributed by atoms with Crippen molar-refractivity contribution < 1.29 is 4.42 Å². The molecule has 0 aliphatic heterocycles. The average Bonchev–Trinajstić information content (AvgIpc) is 2.64. The Morgan fingerprint density at radius 3 is 2.92 bits per heavy atom. The molecule has 0 fully saturated rings. The zero-order chi connectivity index (χ0) is 9.26. The molecule has 0 saturated carbocycles. The van der Waals surface area contributed by atoms with E-state index >= 15 is 0 Å². The summed E-state index contributed by atoms with van der Waals surface area (Å²) in [7, 11) is 0. The Morgan fingerprint density at radius 2 is 2.38 bits per heavy atom. The number of nitrogens with zero attached hydrogens (tertiary/aromatic N) is 3. The van der Waals surface area contributed by atoms with E-state index in [9.17, 15) is 0 Å². The first-order valence-corrected chi connectivity index (χ1v) is 5.26. The third-order valence-corrected chi connectivity index (χ3v) is 3.16. The van der Waals surface area contributed by atoms with Crippen LogP contribution in [-0.2, 0) is 0 Å². The van der Waals surface area contributed by atoms with Crippen molar-refractivity contribution in [3.63, 3.8) is 0 Å². The number of aromatic nitrogens is 3. The minimum absolute atomic E-state index is 0.394. The lowest BCUT2D eigenvalue weighted by molar-refractivity contribution is 0.454. The van der Waals surface area contributed by atoms with Crippen LogP contribution >= 0.6 is 35.1 Å². The highest BCUT2D eigenvalue weighted by Crippen LogP contribution is 2.30. The molecule has 0 aliphatic rings. The highest BCUT2D eigenvalue weighted by Gasteiger charge is 2.10. The van der Waals surface area contributed by atoms with Crippen LogP contribution in [0.25, 0.3) is 0 Å². The number of halogens is 1. The Kier molecular flexibility index (Phi) is 2.52. The Balaban J connectivity index is 2.19. The molecule has 2 aromatic rings. The van der Waals surface area contributed by atoms with Crippen LogP contribution in [0.15, 0.2) is 20.9 Å². The lowest BCUT2D eigenvalue weighted by Gasteiger charge is -1.88. The van der Waals surface area contributed by atoms with Gasteiger partial charge in [-0.25, -0.2) is 4.98 Å².